The molecule has 8 heteroatoms. The van der Waals surface area contributed by atoms with Crippen LogP contribution in [-0.4, -0.2) is 58.0 Å². The highest BCUT2D eigenvalue weighted by molar-refractivity contribution is 6.31. The Morgan fingerprint density at radius 3 is 2.90 bits per heavy atom. The van der Waals surface area contributed by atoms with E-state index in [1.807, 2.05) is 42.5 Å². The number of pyridine rings is 1. The van der Waals surface area contributed by atoms with E-state index >= 15 is 0 Å². The topological polar surface area (TPSA) is 77.9 Å². The molecule has 6 rings (SSSR count). The van der Waals surface area contributed by atoms with E-state index < -0.39 is 5.60 Å². The molecule has 0 unspecified atom stereocenters. The van der Waals surface area contributed by atoms with Crippen LogP contribution in [0.15, 0.2) is 60.8 Å². The number of aromatic nitrogens is 1. The molecule has 3 aromatic rings. The number of nitrogens with zero attached hydrogens (tertiary/aromatic N) is 3. The summed E-state index contributed by atoms with van der Waals surface area (Å²) in [4.78, 5) is 22.0. The highest BCUT2D eigenvalue weighted by atomic mass is 35.5. The van der Waals surface area contributed by atoms with Crippen molar-refractivity contribution >= 4 is 28.8 Å². The summed E-state index contributed by atoms with van der Waals surface area (Å²) in [7, 11) is 0. The molecule has 2 aromatic carbocycles. The van der Waals surface area contributed by atoms with Gasteiger partial charge in [0.25, 0.3) is 0 Å². The SMILES string of the molecule is CC(C)(O)c1ccc2c(c1)/C(=C\CCN1CC[C@@H](N3CC(=O)Nc4cc(Cl)ccc4C3)C1)c1cccnc1CO2. The van der Waals surface area contributed by atoms with Crippen molar-refractivity contribution in [3.05, 3.63) is 93.8 Å². The van der Waals surface area contributed by atoms with Crippen LogP contribution in [0.4, 0.5) is 5.69 Å². The minimum absolute atomic E-state index is 0.0103. The van der Waals surface area contributed by atoms with Crippen molar-refractivity contribution in [2.45, 2.75) is 51.5 Å². The molecule has 0 aliphatic carbocycles. The number of hydrogen-bond acceptors (Lipinski definition) is 6. The first kappa shape index (κ1) is 27.0. The second kappa shape index (κ2) is 11.0. The molecule has 1 saturated heterocycles. The molecule has 0 bridgehead atoms. The maximum atomic E-state index is 12.6. The Morgan fingerprint density at radius 1 is 1.18 bits per heavy atom. The van der Waals surface area contributed by atoms with E-state index in [9.17, 15) is 9.90 Å². The highest BCUT2D eigenvalue weighted by Crippen LogP contribution is 2.38. The van der Waals surface area contributed by atoms with Crippen LogP contribution >= 0.6 is 11.6 Å². The number of fused-ring (bicyclic) bond motifs is 3. The first-order valence-corrected chi connectivity index (χ1v) is 14.3. The Labute approximate surface area is 240 Å². The summed E-state index contributed by atoms with van der Waals surface area (Å²) < 4.78 is 6.14. The molecule has 0 saturated carbocycles. The summed E-state index contributed by atoms with van der Waals surface area (Å²) in [5, 5.41) is 14.3. The van der Waals surface area contributed by atoms with Crippen LogP contribution in [0.25, 0.3) is 5.57 Å². The Morgan fingerprint density at radius 2 is 2.05 bits per heavy atom. The van der Waals surface area contributed by atoms with Crippen molar-refractivity contribution in [2.75, 3.05) is 31.5 Å². The fourth-order valence-electron chi connectivity index (χ4n) is 5.97. The summed E-state index contributed by atoms with van der Waals surface area (Å²) in [5.74, 6) is 0.815. The second-order valence-electron chi connectivity index (χ2n) is 11.5. The van der Waals surface area contributed by atoms with E-state index in [2.05, 4.69) is 32.2 Å². The second-order valence-corrected chi connectivity index (χ2v) is 11.9. The van der Waals surface area contributed by atoms with Gasteiger partial charge in [-0.1, -0.05) is 35.9 Å². The highest BCUT2D eigenvalue weighted by Gasteiger charge is 2.31. The van der Waals surface area contributed by atoms with Gasteiger partial charge in [-0.05, 0) is 80.3 Å². The van der Waals surface area contributed by atoms with E-state index in [0.717, 1.165) is 84.0 Å². The number of hydrogen-bond donors (Lipinski definition) is 2. The van der Waals surface area contributed by atoms with Gasteiger partial charge >= 0.3 is 0 Å². The van der Waals surface area contributed by atoms with Crippen LogP contribution in [0.3, 0.4) is 0 Å². The number of rotatable bonds is 5. The summed E-state index contributed by atoms with van der Waals surface area (Å²) in [5.41, 5.74) is 5.88. The van der Waals surface area contributed by atoms with Gasteiger partial charge in [0.15, 0.2) is 0 Å². The Balaban J connectivity index is 1.19. The van der Waals surface area contributed by atoms with Crippen molar-refractivity contribution in [2.24, 2.45) is 0 Å². The predicted molar refractivity (Wildman–Crippen MR) is 157 cm³/mol. The fourth-order valence-corrected chi connectivity index (χ4v) is 6.14. The van der Waals surface area contributed by atoms with Crippen molar-refractivity contribution in [3.8, 4) is 5.75 Å². The molecule has 1 aromatic heterocycles. The van der Waals surface area contributed by atoms with Gasteiger partial charge in [0.2, 0.25) is 5.91 Å². The molecule has 7 nitrogen and oxygen atoms in total. The minimum Gasteiger partial charge on any atom is -0.487 e. The standard InChI is InChI=1S/C32H35ClN4O3/c1-32(2,39)22-8-10-30-27(15-22)25(26-5-3-12-34-29(26)20-40-30)6-4-13-36-14-11-24(18-36)37-17-21-7-9-23(33)16-28(21)35-31(38)19-37/h3,5-10,12,15-16,24,39H,4,11,13-14,17-20H2,1-2H3,(H,35,38)/b25-6-/t24-/m1/s1. The number of carbonyl (C=O) groups is 1. The Hall–Kier alpha value is -3.23. The third-order valence-electron chi connectivity index (χ3n) is 8.14. The zero-order chi connectivity index (χ0) is 27.9. The van der Waals surface area contributed by atoms with Gasteiger partial charge in [-0.3, -0.25) is 14.7 Å². The van der Waals surface area contributed by atoms with E-state index in [1.165, 1.54) is 0 Å². The lowest BCUT2D eigenvalue weighted by molar-refractivity contribution is -0.117. The van der Waals surface area contributed by atoms with Crippen molar-refractivity contribution in [1.29, 1.82) is 0 Å². The fraction of sp³-hybridized carbons (Fsp3) is 0.375. The normalized spacial score (nSPS) is 20.6. The quantitative estimate of drug-likeness (QED) is 0.448. The smallest absolute Gasteiger partial charge is 0.238 e. The van der Waals surface area contributed by atoms with Crippen LogP contribution in [0, 0.1) is 0 Å². The Bertz CT molecular complexity index is 1460. The number of ether oxygens (including phenoxy) is 1. The van der Waals surface area contributed by atoms with Crippen LogP contribution < -0.4 is 10.1 Å². The van der Waals surface area contributed by atoms with Gasteiger partial charge in [-0.15, -0.1) is 0 Å². The van der Waals surface area contributed by atoms with Gasteiger partial charge in [0.05, 0.1) is 17.8 Å². The van der Waals surface area contributed by atoms with Gasteiger partial charge in [-0.2, -0.15) is 0 Å². The summed E-state index contributed by atoms with van der Waals surface area (Å²) in [6.07, 6.45) is 5.99. The molecule has 208 valence electrons. The molecule has 1 fully saturated rings. The molecule has 40 heavy (non-hydrogen) atoms. The number of carbonyl (C=O) groups excluding carboxylic acids is 1. The maximum Gasteiger partial charge on any atom is 0.238 e. The monoisotopic (exact) mass is 558 g/mol. The maximum absolute atomic E-state index is 12.6. The molecular weight excluding hydrogens is 524 g/mol. The van der Waals surface area contributed by atoms with Gasteiger partial charge in [0.1, 0.15) is 12.4 Å². The van der Waals surface area contributed by atoms with Gasteiger partial charge in [-0.25, -0.2) is 0 Å². The lowest BCUT2D eigenvalue weighted by Gasteiger charge is -2.26. The van der Waals surface area contributed by atoms with Crippen molar-refractivity contribution < 1.29 is 14.6 Å². The van der Waals surface area contributed by atoms with E-state index in [-0.39, 0.29) is 5.91 Å². The lowest BCUT2D eigenvalue weighted by atomic mass is 9.90. The largest absolute Gasteiger partial charge is 0.487 e. The number of anilines is 1. The molecule has 1 amide bonds. The van der Waals surface area contributed by atoms with Gasteiger partial charge in [0, 0.05) is 53.7 Å². The zero-order valence-corrected chi connectivity index (χ0v) is 23.7. The molecule has 2 N–H and O–H groups in total. The Kier molecular flexibility index (Phi) is 7.40. The van der Waals surface area contributed by atoms with E-state index in [1.54, 1.807) is 20.0 Å². The molecule has 1 atom stereocenters. The molecule has 0 spiro atoms. The molecule has 3 aliphatic rings. The van der Waals surface area contributed by atoms with Crippen LogP contribution in [0.1, 0.15) is 54.6 Å². The van der Waals surface area contributed by atoms with Gasteiger partial charge < -0.3 is 20.1 Å². The first-order chi connectivity index (χ1) is 19.2. The third-order valence-corrected chi connectivity index (χ3v) is 8.38. The summed E-state index contributed by atoms with van der Waals surface area (Å²) in [6, 6.07) is 16.1. The third kappa shape index (κ3) is 5.65. The lowest BCUT2D eigenvalue weighted by Crippen LogP contribution is -2.40. The summed E-state index contributed by atoms with van der Waals surface area (Å²) in [6.45, 7) is 7.99. The molecule has 0 radical (unpaired) electrons. The summed E-state index contributed by atoms with van der Waals surface area (Å²) >= 11 is 6.16. The van der Waals surface area contributed by atoms with Crippen molar-refractivity contribution in [1.82, 2.24) is 14.8 Å². The average molecular weight is 559 g/mol. The number of likely N-dealkylation sites (tertiary alicyclic amines) is 1. The number of nitrogens with one attached hydrogen (secondary N) is 1. The minimum atomic E-state index is -0.953. The first-order valence-electron chi connectivity index (χ1n) is 13.9. The molecule has 4 heterocycles. The average Bonchev–Trinajstić information content (AvgIpc) is 3.25. The van der Waals surface area contributed by atoms with Crippen molar-refractivity contribution in [3.63, 3.8) is 0 Å². The van der Waals surface area contributed by atoms with E-state index in [0.29, 0.717) is 24.2 Å². The van der Waals surface area contributed by atoms with E-state index in [4.69, 9.17) is 16.3 Å². The number of amides is 1. The molecular formula is C32H35ClN4O3. The predicted octanol–water partition coefficient (Wildman–Crippen LogP) is 5.21. The van der Waals surface area contributed by atoms with Crippen LogP contribution in [0.2, 0.25) is 5.02 Å². The number of benzene rings is 2. The number of halogens is 1. The van der Waals surface area contributed by atoms with Crippen LogP contribution in [-0.2, 0) is 23.5 Å². The number of aliphatic hydroxyl groups is 1. The zero-order valence-electron chi connectivity index (χ0n) is 23.0. The van der Waals surface area contributed by atoms with Crippen LogP contribution in [0.5, 0.6) is 5.75 Å². The molecule has 3 aliphatic heterocycles.